The van der Waals surface area contributed by atoms with E-state index in [0.29, 0.717) is 30.8 Å². The van der Waals surface area contributed by atoms with Gasteiger partial charge in [0.05, 0.1) is 23.4 Å². The predicted molar refractivity (Wildman–Crippen MR) is 150 cm³/mol. The first-order valence-corrected chi connectivity index (χ1v) is 13.5. The van der Waals surface area contributed by atoms with Crippen molar-refractivity contribution in [3.05, 3.63) is 77.4 Å². The van der Waals surface area contributed by atoms with Gasteiger partial charge in [-0.15, -0.1) is 0 Å². The van der Waals surface area contributed by atoms with E-state index in [-0.39, 0.29) is 30.2 Å². The zero-order chi connectivity index (χ0) is 26.8. The minimum atomic E-state index is -0.246. The van der Waals surface area contributed by atoms with Crippen LogP contribution in [0.4, 0.5) is 5.69 Å². The van der Waals surface area contributed by atoms with Gasteiger partial charge in [0.1, 0.15) is 0 Å². The van der Waals surface area contributed by atoms with Gasteiger partial charge in [-0.05, 0) is 62.3 Å². The highest BCUT2D eigenvalue weighted by atomic mass is 16.2. The van der Waals surface area contributed by atoms with Crippen LogP contribution in [-0.4, -0.2) is 79.2 Å². The monoisotopic (exact) mass is 512 g/mol. The van der Waals surface area contributed by atoms with E-state index >= 15 is 0 Å². The van der Waals surface area contributed by atoms with E-state index in [2.05, 4.69) is 9.80 Å². The van der Waals surface area contributed by atoms with Crippen LogP contribution in [0.3, 0.4) is 0 Å². The van der Waals surface area contributed by atoms with Gasteiger partial charge in [-0.2, -0.15) is 0 Å². The number of likely N-dealkylation sites (N-methyl/N-ethyl adjacent to an activating group) is 2. The molecule has 0 spiro atoms. The SMILES string of the molecule is CCN(CCN(C)C)C(=O)C1CCN(c2cccc3c2C(=O)N(Cc2cccc4ccccc24)C3=O)CC1. The molecule has 2 heterocycles. The number of hydrogen-bond donors (Lipinski definition) is 0. The molecule has 3 amide bonds. The van der Waals surface area contributed by atoms with Crippen molar-refractivity contribution in [2.45, 2.75) is 26.3 Å². The first-order chi connectivity index (χ1) is 18.4. The molecule has 0 bridgehead atoms. The number of hydrogen-bond acceptors (Lipinski definition) is 5. The third-order valence-electron chi connectivity index (χ3n) is 7.88. The van der Waals surface area contributed by atoms with E-state index in [1.165, 1.54) is 4.90 Å². The van der Waals surface area contributed by atoms with Crippen LogP contribution >= 0.6 is 0 Å². The lowest BCUT2D eigenvalue weighted by Gasteiger charge is -2.36. The summed E-state index contributed by atoms with van der Waals surface area (Å²) in [7, 11) is 4.04. The molecule has 1 fully saturated rings. The lowest BCUT2D eigenvalue weighted by atomic mass is 9.94. The molecule has 0 radical (unpaired) electrons. The first-order valence-electron chi connectivity index (χ1n) is 13.5. The Kier molecular flexibility index (Phi) is 7.47. The van der Waals surface area contributed by atoms with Crippen molar-refractivity contribution in [3.63, 3.8) is 0 Å². The third-order valence-corrected chi connectivity index (χ3v) is 7.88. The van der Waals surface area contributed by atoms with Crippen LogP contribution in [-0.2, 0) is 11.3 Å². The lowest BCUT2D eigenvalue weighted by Crippen LogP contribution is -2.44. The Labute approximate surface area is 224 Å². The molecular weight excluding hydrogens is 476 g/mol. The molecule has 198 valence electrons. The summed E-state index contributed by atoms with van der Waals surface area (Å²) >= 11 is 0. The van der Waals surface area contributed by atoms with Crippen molar-refractivity contribution in [2.24, 2.45) is 5.92 Å². The van der Waals surface area contributed by atoms with Gasteiger partial charge in [0.25, 0.3) is 11.8 Å². The molecule has 0 unspecified atom stereocenters. The number of anilines is 1. The second-order valence-electron chi connectivity index (χ2n) is 10.5. The Morgan fingerprint density at radius 1 is 0.895 bits per heavy atom. The van der Waals surface area contributed by atoms with Crippen molar-refractivity contribution < 1.29 is 14.4 Å². The average Bonchev–Trinajstić information content (AvgIpc) is 3.18. The summed E-state index contributed by atoms with van der Waals surface area (Å²) in [4.78, 5) is 47.8. The fourth-order valence-electron chi connectivity index (χ4n) is 5.69. The van der Waals surface area contributed by atoms with Crippen LogP contribution in [0.1, 0.15) is 46.0 Å². The molecule has 5 rings (SSSR count). The molecule has 0 atom stereocenters. The first kappa shape index (κ1) is 25.9. The van der Waals surface area contributed by atoms with Crippen molar-refractivity contribution in [3.8, 4) is 0 Å². The number of fused-ring (bicyclic) bond motifs is 2. The summed E-state index contributed by atoms with van der Waals surface area (Å²) < 4.78 is 0. The fourth-order valence-corrected chi connectivity index (χ4v) is 5.69. The van der Waals surface area contributed by atoms with Gasteiger partial charge in [0.15, 0.2) is 0 Å². The van der Waals surface area contributed by atoms with Gasteiger partial charge < -0.3 is 14.7 Å². The summed E-state index contributed by atoms with van der Waals surface area (Å²) in [6.45, 7) is 5.93. The highest BCUT2D eigenvalue weighted by Gasteiger charge is 2.39. The smallest absolute Gasteiger partial charge is 0.263 e. The summed E-state index contributed by atoms with van der Waals surface area (Å²) in [5.41, 5.74) is 2.70. The van der Waals surface area contributed by atoms with Crippen molar-refractivity contribution in [1.29, 1.82) is 0 Å². The van der Waals surface area contributed by atoms with Crippen molar-refractivity contribution >= 4 is 34.2 Å². The predicted octanol–water partition coefficient (Wildman–Crippen LogP) is 4.26. The summed E-state index contributed by atoms with van der Waals surface area (Å²) in [5.74, 6) is -0.276. The van der Waals surface area contributed by atoms with Gasteiger partial charge in [0.2, 0.25) is 5.91 Å². The standard InChI is InChI=1S/C31H36N4O3/c1-4-33(20-19-32(2)3)29(36)23-15-17-34(18-16-23)27-14-8-13-26-28(27)31(38)35(30(26)37)21-24-11-7-10-22-9-5-6-12-25(22)24/h5-14,23H,4,15-21H2,1-3H3. The summed E-state index contributed by atoms with van der Waals surface area (Å²) in [6.07, 6.45) is 1.48. The molecule has 3 aromatic carbocycles. The maximum atomic E-state index is 13.7. The third kappa shape index (κ3) is 4.90. The maximum absolute atomic E-state index is 13.7. The number of nitrogens with zero attached hydrogens (tertiary/aromatic N) is 4. The van der Waals surface area contributed by atoms with Crippen LogP contribution < -0.4 is 4.90 Å². The Morgan fingerprint density at radius 2 is 1.61 bits per heavy atom. The summed E-state index contributed by atoms with van der Waals surface area (Å²) in [6, 6.07) is 19.6. The molecule has 38 heavy (non-hydrogen) atoms. The number of rotatable bonds is 8. The van der Waals surface area contributed by atoms with E-state index in [1.807, 2.05) is 80.5 Å². The minimum Gasteiger partial charge on any atom is -0.371 e. The van der Waals surface area contributed by atoms with E-state index in [0.717, 1.165) is 48.0 Å². The molecule has 2 aliphatic heterocycles. The Hall–Kier alpha value is -3.71. The second-order valence-corrected chi connectivity index (χ2v) is 10.5. The number of amides is 3. The molecule has 3 aromatic rings. The normalized spacial score (nSPS) is 16.0. The molecule has 7 heteroatoms. The maximum Gasteiger partial charge on any atom is 0.263 e. The van der Waals surface area contributed by atoms with Gasteiger partial charge >= 0.3 is 0 Å². The number of benzene rings is 3. The van der Waals surface area contributed by atoms with Gasteiger partial charge in [-0.25, -0.2) is 0 Å². The zero-order valence-electron chi connectivity index (χ0n) is 22.5. The molecule has 1 saturated heterocycles. The van der Waals surface area contributed by atoms with E-state index in [4.69, 9.17) is 0 Å². The van der Waals surface area contributed by atoms with Gasteiger partial charge in [-0.3, -0.25) is 19.3 Å². The van der Waals surface area contributed by atoms with E-state index < -0.39 is 0 Å². The quantitative estimate of drug-likeness (QED) is 0.422. The molecule has 0 N–H and O–H groups in total. The Morgan fingerprint density at radius 3 is 2.34 bits per heavy atom. The van der Waals surface area contributed by atoms with Crippen LogP contribution in [0.25, 0.3) is 10.8 Å². The summed E-state index contributed by atoms with van der Waals surface area (Å²) in [5, 5.41) is 2.13. The van der Waals surface area contributed by atoms with Crippen molar-refractivity contribution in [1.82, 2.24) is 14.7 Å². The number of piperidine rings is 1. The fraction of sp³-hybridized carbons (Fsp3) is 0.387. The highest BCUT2D eigenvalue weighted by Crippen LogP contribution is 2.35. The number of imide groups is 1. The molecule has 7 nitrogen and oxygen atoms in total. The Bertz CT molecular complexity index is 1350. The molecule has 2 aliphatic rings. The zero-order valence-corrected chi connectivity index (χ0v) is 22.5. The van der Waals surface area contributed by atoms with E-state index in [9.17, 15) is 14.4 Å². The highest BCUT2D eigenvalue weighted by molar-refractivity contribution is 6.23. The second kappa shape index (κ2) is 11.0. The van der Waals surface area contributed by atoms with Crippen LogP contribution in [0.15, 0.2) is 60.7 Å². The van der Waals surface area contributed by atoms with Crippen LogP contribution in [0.5, 0.6) is 0 Å². The van der Waals surface area contributed by atoms with Gasteiger partial charge in [0, 0.05) is 38.6 Å². The van der Waals surface area contributed by atoms with Crippen molar-refractivity contribution in [2.75, 3.05) is 51.7 Å². The van der Waals surface area contributed by atoms with Crippen LogP contribution in [0, 0.1) is 5.92 Å². The average molecular weight is 513 g/mol. The Balaban J connectivity index is 1.31. The van der Waals surface area contributed by atoms with Crippen LogP contribution in [0.2, 0.25) is 0 Å². The molecule has 0 aromatic heterocycles. The molecule has 0 aliphatic carbocycles. The molecule has 0 saturated carbocycles. The molecular formula is C31H36N4O3. The topological polar surface area (TPSA) is 64.2 Å². The minimum absolute atomic E-state index is 0.00897. The largest absolute Gasteiger partial charge is 0.371 e. The number of carbonyl (C=O) groups excluding carboxylic acids is 3. The number of carbonyl (C=O) groups is 3. The van der Waals surface area contributed by atoms with E-state index in [1.54, 1.807) is 6.07 Å². The van der Waals surface area contributed by atoms with Gasteiger partial charge in [-0.1, -0.05) is 48.5 Å². The lowest BCUT2D eigenvalue weighted by molar-refractivity contribution is -0.136.